The Morgan fingerprint density at radius 1 is 1.14 bits per heavy atom. The molecule has 0 atom stereocenters. The van der Waals surface area contributed by atoms with Crippen molar-refractivity contribution in [2.75, 3.05) is 32.7 Å². The monoisotopic (exact) mass is 578 g/mol. The summed E-state index contributed by atoms with van der Waals surface area (Å²) in [5, 5.41) is 3.94. The molecule has 10 heteroatoms. The lowest BCUT2D eigenvalue weighted by molar-refractivity contribution is 0.0951. The zero-order chi connectivity index (χ0) is 25.0. The number of hydrogen-bond donors (Lipinski definition) is 1. The largest absolute Gasteiger partial charge is 0.352 e. The van der Waals surface area contributed by atoms with Crippen LogP contribution in [0.3, 0.4) is 0 Å². The number of amides is 1. The lowest BCUT2D eigenvalue weighted by atomic mass is 10.0. The van der Waals surface area contributed by atoms with E-state index in [1.807, 2.05) is 29.1 Å². The molecule has 188 valence electrons. The van der Waals surface area contributed by atoms with Gasteiger partial charge in [0.2, 0.25) is 10.0 Å². The second-order valence-electron chi connectivity index (χ2n) is 8.45. The van der Waals surface area contributed by atoms with E-state index in [4.69, 9.17) is 0 Å². The maximum atomic E-state index is 13.3. The van der Waals surface area contributed by atoms with Crippen molar-refractivity contribution in [1.29, 1.82) is 0 Å². The maximum absolute atomic E-state index is 13.3. The topological polar surface area (TPSA) is 74.7 Å². The van der Waals surface area contributed by atoms with Gasteiger partial charge in [0.05, 0.1) is 10.5 Å². The van der Waals surface area contributed by atoms with Crippen molar-refractivity contribution < 1.29 is 13.2 Å². The Balaban J connectivity index is 1.56. The minimum absolute atomic E-state index is 0.0880. The standard InChI is InChI=1S/C25H31BrN4O3S2/c1-3-28(4-2)14-7-13-27-24(31)23-21-12-17-30(35(32,33)20-10-8-19(26)9-11-20)18-22(21)34-25(23)29-15-5-6-16-29/h5-6,8-11,15-16H,3-4,7,12-14,17-18H2,1-2H3,(H,27,31). The van der Waals surface area contributed by atoms with Crippen LogP contribution in [0.2, 0.25) is 0 Å². The molecule has 0 fully saturated rings. The maximum Gasteiger partial charge on any atom is 0.254 e. The first kappa shape index (κ1) is 26.1. The molecule has 4 rings (SSSR count). The van der Waals surface area contributed by atoms with E-state index >= 15 is 0 Å². The number of rotatable bonds is 10. The summed E-state index contributed by atoms with van der Waals surface area (Å²) in [7, 11) is -3.62. The Hall–Kier alpha value is -1.98. The lowest BCUT2D eigenvalue weighted by Gasteiger charge is -2.26. The van der Waals surface area contributed by atoms with Crippen LogP contribution in [0.4, 0.5) is 0 Å². The number of halogens is 1. The van der Waals surface area contributed by atoms with Gasteiger partial charge in [-0.1, -0.05) is 29.8 Å². The van der Waals surface area contributed by atoms with E-state index in [2.05, 4.69) is 40.0 Å². The van der Waals surface area contributed by atoms with Crippen LogP contribution >= 0.6 is 27.3 Å². The number of hydrogen-bond acceptors (Lipinski definition) is 5. The fraction of sp³-hybridized carbons (Fsp3) is 0.400. The summed E-state index contributed by atoms with van der Waals surface area (Å²) in [5.41, 5.74) is 1.63. The molecule has 0 saturated carbocycles. The van der Waals surface area contributed by atoms with Crippen LogP contribution in [0.5, 0.6) is 0 Å². The van der Waals surface area contributed by atoms with E-state index in [0.29, 0.717) is 25.1 Å². The van der Waals surface area contributed by atoms with Gasteiger partial charge < -0.3 is 14.8 Å². The summed E-state index contributed by atoms with van der Waals surface area (Å²) in [6.45, 7) is 8.45. The van der Waals surface area contributed by atoms with Crippen LogP contribution in [0, 0.1) is 0 Å². The van der Waals surface area contributed by atoms with E-state index in [1.165, 1.54) is 15.6 Å². The zero-order valence-corrected chi connectivity index (χ0v) is 23.3. The zero-order valence-electron chi connectivity index (χ0n) is 20.0. The third kappa shape index (κ3) is 5.72. The lowest BCUT2D eigenvalue weighted by Crippen LogP contribution is -2.36. The predicted molar refractivity (Wildman–Crippen MR) is 144 cm³/mol. The average molecular weight is 580 g/mol. The van der Waals surface area contributed by atoms with Gasteiger partial charge in [0, 0.05) is 41.4 Å². The van der Waals surface area contributed by atoms with Crippen LogP contribution in [-0.2, 0) is 23.0 Å². The van der Waals surface area contributed by atoms with Crippen molar-refractivity contribution >= 4 is 43.2 Å². The predicted octanol–water partition coefficient (Wildman–Crippen LogP) is 4.51. The van der Waals surface area contributed by atoms with Crippen LogP contribution in [0.1, 0.15) is 41.1 Å². The molecular formula is C25H31BrN4O3S2. The van der Waals surface area contributed by atoms with Gasteiger partial charge in [-0.2, -0.15) is 4.31 Å². The fourth-order valence-corrected chi connectivity index (χ4v) is 7.43. The van der Waals surface area contributed by atoms with E-state index < -0.39 is 10.0 Å². The molecule has 0 aliphatic carbocycles. The molecule has 0 bridgehead atoms. The molecule has 3 aromatic rings. The summed E-state index contributed by atoms with van der Waals surface area (Å²) in [5.74, 6) is -0.0880. The normalized spacial score (nSPS) is 14.3. The summed E-state index contributed by atoms with van der Waals surface area (Å²) in [6.07, 6.45) is 5.23. The third-order valence-electron chi connectivity index (χ3n) is 6.35. The van der Waals surface area contributed by atoms with Crippen molar-refractivity contribution in [3.8, 4) is 5.00 Å². The Morgan fingerprint density at radius 2 is 1.83 bits per heavy atom. The van der Waals surface area contributed by atoms with Gasteiger partial charge in [0.15, 0.2) is 0 Å². The highest BCUT2D eigenvalue weighted by Gasteiger charge is 2.33. The Kier molecular flexibility index (Phi) is 8.49. The van der Waals surface area contributed by atoms with Gasteiger partial charge >= 0.3 is 0 Å². The molecule has 1 aromatic carbocycles. The van der Waals surface area contributed by atoms with Crippen molar-refractivity contribution in [1.82, 2.24) is 19.1 Å². The summed E-state index contributed by atoms with van der Waals surface area (Å²) in [6, 6.07) is 10.6. The molecule has 1 amide bonds. The molecule has 1 aliphatic rings. The molecule has 0 unspecified atom stereocenters. The number of carbonyl (C=O) groups excluding carboxylic acids is 1. The SMILES string of the molecule is CCN(CC)CCCNC(=O)c1c(-n2cccc2)sc2c1CCN(S(=O)(=O)c1ccc(Br)cc1)C2. The minimum atomic E-state index is -3.62. The van der Waals surface area contributed by atoms with Gasteiger partial charge in [-0.05, 0) is 74.4 Å². The van der Waals surface area contributed by atoms with Gasteiger partial charge in [-0.3, -0.25) is 4.79 Å². The minimum Gasteiger partial charge on any atom is -0.352 e. The molecule has 35 heavy (non-hydrogen) atoms. The third-order valence-corrected chi connectivity index (χ3v) is 9.97. The smallest absolute Gasteiger partial charge is 0.254 e. The van der Waals surface area contributed by atoms with Gasteiger partial charge in [0.25, 0.3) is 5.91 Å². The number of fused-ring (bicyclic) bond motifs is 1. The molecule has 1 N–H and O–H groups in total. The Labute approximate surface area is 219 Å². The number of benzene rings is 1. The number of carbonyl (C=O) groups is 1. The quantitative estimate of drug-likeness (QED) is 0.359. The van der Waals surface area contributed by atoms with Gasteiger partial charge in [-0.25, -0.2) is 8.42 Å². The first-order valence-corrected chi connectivity index (χ1v) is 14.9. The highest BCUT2D eigenvalue weighted by molar-refractivity contribution is 9.10. The second-order valence-corrected chi connectivity index (χ2v) is 12.4. The van der Waals surface area contributed by atoms with E-state index in [-0.39, 0.29) is 17.3 Å². The summed E-state index contributed by atoms with van der Waals surface area (Å²) in [4.78, 5) is 16.9. The number of aromatic nitrogens is 1. The first-order chi connectivity index (χ1) is 16.8. The van der Waals surface area contributed by atoms with Crippen LogP contribution in [0.15, 0.2) is 58.2 Å². The first-order valence-electron chi connectivity index (χ1n) is 11.9. The van der Waals surface area contributed by atoms with E-state index in [9.17, 15) is 13.2 Å². The highest BCUT2D eigenvalue weighted by Crippen LogP contribution is 2.37. The van der Waals surface area contributed by atoms with Gasteiger partial charge in [-0.15, -0.1) is 11.3 Å². The fourth-order valence-electron chi connectivity index (χ4n) is 4.35. The second kappa shape index (κ2) is 11.4. The Bertz CT molecular complexity index is 1250. The molecule has 1 aliphatic heterocycles. The molecule has 0 radical (unpaired) electrons. The van der Waals surface area contributed by atoms with Crippen molar-refractivity contribution in [3.05, 3.63) is 69.3 Å². The Morgan fingerprint density at radius 3 is 2.49 bits per heavy atom. The van der Waals surface area contributed by atoms with Crippen molar-refractivity contribution in [2.24, 2.45) is 0 Å². The van der Waals surface area contributed by atoms with E-state index in [1.54, 1.807) is 24.3 Å². The van der Waals surface area contributed by atoms with Crippen LogP contribution < -0.4 is 5.32 Å². The molecule has 0 saturated heterocycles. The number of sulfonamides is 1. The molecule has 3 heterocycles. The van der Waals surface area contributed by atoms with Crippen molar-refractivity contribution in [3.63, 3.8) is 0 Å². The highest BCUT2D eigenvalue weighted by atomic mass is 79.9. The summed E-state index contributed by atoms with van der Waals surface area (Å²) < 4.78 is 30.8. The van der Waals surface area contributed by atoms with E-state index in [0.717, 1.165) is 46.0 Å². The molecule has 0 spiro atoms. The molecule has 7 nitrogen and oxygen atoms in total. The number of nitrogens with one attached hydrogen (secondary N) is 1. The van der Waals surface area contributed by atoms with Gasteiger partial charge in [0.1, 0.15) is 5.00 Å². The number of nitrogens with zero attached hydrogens (tertiary/aromatic N) is 3. The molecular weight excluding hydrogens is 548 g/mol. The summed E-state index contributed by atoms with van der Waals surface area (Å²) >= 11 is 4.86. The molecule has 2 aromatic heterocycles. The van der Waals surface area contributed by atoms with Crippen LogP contribution in [0.25, 0.3) is 5.00 Å². The number of thiophene rings is 1. The average Bonchev–Trinajstić information content (AvgIpc) is 3.52. The van der Waals surface area contributed by atoms with Crippen molar-refractivity contribution in [2.45, 2.75) is 38.1 Å². The van der Waals surface area contributed by atoms with Crippen LogP contribution in [-0.4, -0.2) is 60.8 Å².